The highest BCUT2D eigenvalue weighted by Crippen LogP contribution is 2.32. The van der Waals surface area contributed by atoms with Gasteiger partial charge in [0.25, 0.3) is 5.91 Å². The first-order valence-corrected chi connectivity index (χ1v) is 13.9. The van der Waals surface area contributed by atoms with Crippen molar-refractivity contribution in [2.24, 2.45) is 0 Å². The zero-order valence-electron chi connectivity index (χ0n) is 20.7. The molecule has 2 aliphatic heterocycles. The van der Waals surface area contributed by atoms with Crippen molar-refractivity contribution in [3.05, 3.63) is 53.1 Å². The van der Waals surface area contributed by atoms with E-state index in [9.17, 15) is 32.0 Å². The highest BCUT2D eigenvalue weighted by molar-refractivity contribution is 7.89. The smallest absolute Gasteiger partial charge is 0.409 e. The summed E-state index contributed by atoms with van der Waals surface area (Å²) in [5, 5.41) is 9.58. The van der Waals surface area contributed by atoms with E-state index in [1.165, 1.54) is 29.7 Å². The third-order valence-electron chi connectivity index (χ3n) is 6.45. The molecule has 0 saturated carbocycles. The summed E-state index contributed by atoms with van der Waals surface area (Å²) in [6, 6.07) is 5.19. The number of benzene rings is 2. The molecule has 2 amide bonds. The highest BCUT2D eigenvalue weighted by atomic mass is 35.5. The number of hydroxylamine groups is 1. The minimum Gasteiger partial charge on any atom is -0.451 e. The fourth-order valence-electron chi connectivity index (χ4n) is 4.41. The van der Waals surface area contributed by atoms with Crippen LogP contribution in [0.25, 0.3) is 0 Å². The van der Waals surface area contributed by atoms with Gasteiger partial charge in [0.1, 0.15) is 18.4 Å². The topological polar surface area (TPSA) is 129 Å². The quantitative estimate of drug-likeness (QED) is 0.356. The Bertz CT molecular complexity index is 1290. The van der Waals surface area contributed by atoms with Crippen molar-refractivity contribution in [3.63, 3.8) is 0 Å². The van der Waals surface area contributed by atoms with Crippen LogP contribution in [0, 0.1) is 11.6 Å². The summed E-state index contributed by atoms with van der Waals surface area (Å²) >= 11 is 5.79. The fourth-order valence-corrected chi connectivity index (χ4v) is 6.13. The Balaban J connectivity index is 1.49. The lowest BCUT2D eigenvalue weighted by molar-refractivity contribution is -0.134. The monoisotopic (exact) mass is 588 g/mol. The predicted molar refractivity (Wildman–Crippen MR) is 134 cm³/mol. The second-order valence-electron chi connectivity index (χ2n) is 8.99. The number of nitrogens with one attached hydrogen (secondary N) is 1. The first-order valence-electron chi connectivity index (χ1n) is 12.1. The van der Waals surface area contributed by atoms with Gasteiger partial charge in [0.2, 0.25) is 10.0 Å². The van der Waals surface area contributed by atoms with E-state index in [1.54, 1.807) is 0 Å². The lowest BCUT2D eigenvalue weighted by atomic mass is 10.2. The Morgan fingerprint density at radius 3 is 2.31 bits per heavy atom. The number of hydrogen-bond donors (Lipinski definition) is 2. The molecule has 11 nitrogen and oxygen atoms in total. The van der Waals surface area contributed by atoms with Gasteiger partial charge in [-0.25, -0.2) is 27.5 Å². The first-order chi connectivity index (χ1) is 18.6. The van der Waals surface area contributed by atoms with E-state index in [0.29, 0.717) is 28.0 Å². The first kappa shape index (κ1) is 29.0. The molecule has 0 aromatic heterocycles. The van der Waals surface area contributed by atoms with E-state index < -0.39 is 63.4 Å². The summed E-state index contributed by atoms with van der Waals surface area (Å²) in [4.78, 5) is 27.5. The summed E-state index contributed by atoms with van der Waals surface area (Å²) in [5.74, 6) is -4.49. The Morgan fingerprint density at radius 1 is 1.05 bits per heavy atom. The van der Waals surface area contributed by atoms with E-state index in [2.05, 4.69) is 4.90 Å². The summed E-state index contributed by atoms with van der Waals surface area (Å²) in [6.07, 6.45) is 1.41. The number of ether oxygens (including phenoxy) is 2. The third-order valence-corrected chi connectivity index (χ3v) is 8.58. The van der Waals surface area contributed by atoms with Crippen molar-refractivity contribution < 1.29 is 41.5 Å². The zero-order valence-corrected chi connectivity index (χ0v) is 22.3. The van der Waals surface area contributed by atoms with E-state index in [-0.39, 0.29) is 18.9 Å². The molecule has 1 atom stereocenters. The average molecular weight is 589 g/mol. The van der Waals surface area contributed by atoms with Crippen LogP contribution in [-0.2, 0) is 19.6 Å². The van der Waals surface area contributed by atoms with Crippen molar-refractivity contribution >= 4 is 33.6 Å². The SMILES string of the molecule is O=C(NO)[C@@H]1CN(C(=O)OCCN2CCCC2)CCN1S(=O)(=O)c1cc(F)c(Oc2ccc(Cl)cc2)c(F)c1. The minimum atomic E-state index is -4.66. The van der Waals surface area contributed by atoms with Crippen molar-refractivity contribution in [3.8, 4) is 11.5 Å². The number of nitrogens with zero attached hydrogens (tertiary/aromatic N) is 3. The number of amides is 2. The van der Waals surface area contributed by atoms with Crippen molar-refractivity contribution in [2.75, 3.05) is 45.9 Å². The summed E-state index contributed by atoms with van der Waals surface area (Å²) in [5.41, 5.74) is 1.38. The van der Waals surface area contributed by atoms with Crippen LogP contribution in [0.2, 0.25) is 5.02 Å². The number of rotatable bonds is 8. The Labute approximate surface area is 228 Å². The van der Waals surface area contributed by atoms with Gasteiger partial charge in [-0.3, -0.25) is 14.9 Å². The van der Waals surface area contributed by atoms with Gasteiger partial charge in [0.05, 0.1) is 4.90 Å². The molecule has 2 N–H and O–H groups in total. The van der Waals surface area contributed by atoms with Crippen molar-refractivity contribution in [2.45, 2.75) is 23.8 Å². The van der Waals surface area contributed by atoms with E-state index >= 15 is 0 Å². The van der Waals surface area contributed by atoms with Gasteiger partial charge in [-0.1, -0.05) is 11.6 Å². The third kappa shape index (κ3) is 6.76. The second kappa shape index (κ2) is 12.4. The number of carbonyl (C=O) groups excluding carboxylic acids is 2. The van der Waals surface area contributed by atoms with Gasteiger partial charge in [0.15, 0.2) is 17.4 Å². The number of sulfonamides is 1. The molecule has 2 fully saturated rings. The van der Waals surface area contributed by atoms with Gasteiger partial charge in [-0.05, 0) is 62.3 Å². The van der Waals surface area contributed by atoms with Crippen molar-refractivity contribution in [1.82, 2.24) is 19.6 Å². The maximum atomic E-state index is 14.8. The summed E-state index contributed by atoms with van der Waals surface area (Å²) in [7, 11) is -4.66. The predicted octanol–water partition coefficient (Wildman–Crippen LogP) is 2.82. The number of piperazine rings is 1. The molecule has 0 radical (unpaired) electrons. The molecule has 0 aliphatic carbocycles. The molecule has 2 heterocycles. The fraction of sp³-hybridized carbons (Fsp3) is 0.417. The maximum absolute atomic E-state index is 14.8. The molecule has 2 aliphatic rings. The van der Waals surface area contributed by atoms with E-state index in [4.69, 9.17) is 21.1 Å². The van der Waals surface area contributed by atoms with Gasteiger partial charge in [-0.15, -0.1) is 0 Å². The molecule has 15 heteroatoms. The van der Waals surface area contributed by atoms with Crippen LogP contribution >= 0.6 is 11.6 Å². The van der Waals surface area contributed by atoms with Crippen LogP contribution in [0.3, 0.4) is 0 Å². The van der Waals surface area contributed by atoms with Crippen molar-refractivity contribution in [1.29, 1.82) is 0 Å². The maximum Gasteiger partial charge on any atom is 0.409 e. The summed E-state index contributed by atoms with van der Waals surface area (Å²) in [6.45, 7) is 1.52. The molecule has 2 aromatic rings. The van der Waals surface area contributed by atoms with Crippen LogP contribution < -0.4 is 10.2 Å². The second-order valence-corrected chi connectivity index (χ2v) is 11.3. The lowest BCUT2D eigenvalue weighted by Gasteiger charge is -2.38. The Morgan fingerprint density at radius 2 is 1.69 bits per heavy atom. The largest absolute Gasteiger partial charge is 0.451 e. The molecule has 39 heavy (non-hydrogen) atoms. The number of likely N-dealkylation sites (tertiary alicyclic amines) is 1. The Hall–Kier alpha value is -3.04. The van der Waals surface area contributed by atoms with Crippen LogP contribution in [0.5, 0.6) is 11.5 Å². The highest BCUT2D eigenvalue weighted by Gasteiger charge is 2.42. The molecular formula is C24H27ClF2N4O7S. The molecule has 0 spiro atoms. The Kier molecular flexibility index (Phi) is 9.23. The van der Waals surface area contributed by atoms with Crippen LogP contribution in [-0.4, -0.2) is 91.6 Å². The van der Waals surface area contributed by atoms with Crippen LogP contribution in [0.4, 0.5) is 13.6 Å². The molecule has 4 rings (SSSR count). The molecular weight excluding hydrogens is 562 g/mol. The van der Waals surface area contributed by atoms with Gasteiger partial charge in [0, 0.05) is 31.2 Å². The van der Waals surface area contributed by atoms with Gasteiger partial charge < -0.3 is 14.4 Å². The molecule has 2 aromatic carbocycles. The van der Waals surface area contributed by atoms with Crippen LogP contribution in [0.15, 0.2) is 41.3 Å². The number of halogens is 3. The lowest BCUT2D eigenvalue weighted by Crippen LogP contribution is -2.61. The average Bonchev–Trinajstić information content (AvgIpc) is 3.44. The standard InChI is InChI=1S/C24H27ClF2N4O7S/c25-16-3-5-17(6-4-16)38-22-19(26)13-18(14-20(22)27)39(35,36)31-10-9-30(15-21(31)23(32)28-34)24(33)37-12-11-29-7-1-2-8-29/h3-6,13-14,21,34H,1-2,7-12,15H2,(H,28,32)/t21-/m0/s1. The number of carbonyl (C=O) groups is 2. The number of hydrogen-bond acceptors (Lipinski definition) is 8. The van der Waals surface area contributed by atoms with Gasteiger partial charge in [-0.2, -0.15) is 4.31 Å². The minimum absolute atomic E-state index is 0.0657. The molecule has 2 saturated heterocycles. The normalized spacial score (nSPS) is 18.7. The molecule has 0 bridgehead atoms. The zero-order chi connectivity index (χ0) is 28.2. The molecule has 0 unspecified atom stereocenters. The molecule has 212 valence electrons. The summed E-state index contributed by atoms with van der Waals surface area (Å²) < 4.78 is 67.5. The van der Waals surface area contributed by atoms with Crippen LogP contribution in [0.1, 0.15) is 12.8 Å². The van der Waals surface area contributed by atoms with Gasteiger partial charge >= 0.3 is 6.09 Å². The van der Waals surface area contributed by atoms with E-state index in [0.717, 1.165) is 30.8 Å². The van der Waals surface area contributed by atoms with E-state index in [1.807, 2.05) is 0 Å².